The van der Waals surface area contributed by atoms with E-state index in [1.54, 1.807) is 0 Å². The van der Waals surface area contributed by atoms with Crippen LogP contribution in [0.5, 0.6) is 0 Å². The minimum Gasteiger partial charge on any atom is -0.356 e. The molecule has 0 unspecified atom stereocenters. The molecule has 0 heterocycles. The van der Waals surface area contributed by atoms with E-state index < -0.39 is 0 Å². The third-order valence-corrected chi connectivity index (χ3v) is 5.42. The van der Waals surface area contributed by atoms with Gasteiger partial charge in [0.1, 0.15) is 0 Å². The number of carbonyl (C=O) groups is 1. The SMILES string of the molecule is CC(C)(C)SCCCNC(=O)CC1(CN)CCCCC1. The van der Waals surface area contributed by atoms with E-state index in [2.05, 4.69) is 26.1 Å². The fraction of sp³-hybridized carbons (Fsp3) is 0.938. The number of hydrogen-bond donors (Lipinski definition) is 2. The van der Waals surface area contributed by atoms with Crippen LogP contribution in [0.15, 0.2) is 0 Å². The second-order valence-electron chi connectivity index (χ2n) is 7.11. The molecule has 1 aliphatic carbocycles. The molecular weight excluding hydrogens is 268 g/mol. The number of amides is 1. The second kappa shape index (κ2) is 8.28. The van der Waals surface area contributed by atoms with Gasteiger partial charge in [-0.2, -0.15) is 11.8 Å². The summed E-state index contributed by atoms with van der Waals surface area (Å²) in [6, 6.07) is 0. The van der Waals surface area contributed by atoms with Gasteiger partial charge in [-0.1, -0.05) is 40.0 Å². The lowest BCUT2D eigenvalue weighted by Gasteiger charge is -2.35. The zero-order valence-electron chi connectivity index (χ0n) is 13.5. The largest absolute Gasteiger partial charge is 0.356 e. The van der Waals surface area contributed by atoms with Crippen LogP contribution in [0.3, 0.4) is 0 Å². The van der Waals surface area contributed by atoms with Crippen molar-refractivity contribution in [1.82, 2.24) is 5.32 Å². The number of nitrogens with two attached hydrogens (primary N) is 1. The van der Waals surface area contributed by atoms with Crippen LogP contribution < -0.4 is 11.1 Å². The van der Waals surface area contributed by atoms with Gasteiger partial charge >= 0.3 is 0 Å². The molecule has 20 heavy (non-hydrogen) atoms. The van der Waals surface area contributed by atoms with Gasteiger partial charge in [0.05, 0.1) is 0 Å². The van der Waals surface area contributed by atoms with Crippen LogP contribution in [0.4, 0.5) is 0 Å². The van der Waals surface area contributed by atoms with E-state index in [9.17, 15) is 4.79 Å². The third-order valence-electron chi connectivity index (χ3n) is 4.06. The van der Waals surface area contributed by atoms with Crippen molar-refractivity contribution >= 4 is 17.7 Å². The molecule has 0 atom stereocenters. The number of nitrogens with one attached hydrogen (secondary N) is 1. The van der Waals surface area contributed by atoms with Crippen LogP contribution in [0.1, 0.15) is 65.7 Å². The van der Waals surface area contributed by atoms with E-state index in [1.165, 1.54) is 19.3 Å². The quantitative estimate of drug-likeness (QED) is 0.709. The number of thioether (sulfide) groups is 1. The predicted octanol–water partition coefficient (Wildman–Crippen LogP) is 3.32. The molecular formula is C16H32N2OS. The average molecular weight is 301 g/mol. The highest BCUT2D eigenvalue weighted by atomic mass is 32.2. The summed E-state index contributed by atoms with van der Waals surface area (Å²) in [5.74, 6) is 1.30. The van der Waals surface area contributed by atoms with Gasteiger partial charge in [0, 0.05) is 17.7 Å². The van der Waals surface area contributed by atoms with Crippen LogP contribution in [-0.2, 0) is 4.79 Å². The topological polar surface area (TPSA) is 55.1 Å². The summed E-state index contributed by atoms with van der Waals surface area (Å²) in [5.41, 5.74) is 6.01. The van der Waals surface area contributed by atoms with Gasteiger partial charge in [0.2, 0.25) is 5.91 Å². The normalized spacial score (nSPS) is 18.8. The number of hydrogen-bond acceptors (Lipinski definition) is 3. The molecule has 0 saturated heterocycles. The summed E-state index contributed by atoms with van der Waals surface area (Å²) >= 11 is 1.95. The maximum atomic E-state index is 12.1. The Bertz CT molecular complexity index is 293. The van der Waals surface area contributed by atoms with Gasteiger partial charge in [-0.25, -0.2) is 0 Å². The molecule has 118 valence electrons. The van der Waals surface area contributed by atoms with Crippen molar-refractivity contribution < 1.29 is 4.79 Å². The Kier molecular flexibility index (Phi) is 7.38. The molecule has 0 bridgehead atoms. The van der Waals surface area contributed by atoms with Gasteiger partial charge in [0.25, 0.3) is 0 Å². The van der Waals surface area contributed by atoms with Crippen LogP contribution in [0, 0.1) is 5.41 Å². The lowest BCUT2D eigenvalue weighted by atomic mass is 9.71. The van der Waals surface area contributed by atoms with Gasteiger partial charge in [0.15, 0.2) is 0 Å². The first kappa shape index (κ1) is 17.8. The monoisotopic (exact) mass is 300 g/mol. The molecule has 1 rings (SSSR count). The van der Waals surface area contributed by atoms with E-state index in [1.807, 2.05) is 11.8 Å². The molecule has 1 saturated carbocycles. The fourth-order valence-electron chi connectivity index (χ4n) is 2.84. The van der Waals surface area contributed by atoms with E-state index in [0.29, 0.717) is 17.7 Å². The summed E-state index contributed by atoms with van der Waals surface area (Å²) in [6.45, 7) is 8.13. The standard InChI is InChI=1S/C16H32N2OS/c1-15(2,3)20-11-7-10-18-14(19)12-16(13-17)8-5-4-6-9-16/h4-13,17H2,1-3H3,(H,18,19). The lowest BCUT2D eigenvalue weighted by Crippen LogP contribution is -2.38. The number of carbonyl (C=O) groups excluding carboxylic acids is 1. The molecule has 1 amide bonds. The first-order valence-electron chi connectivity index (χ1n) is 7.98. The van der Waals surface area contributed by atoms with Crippen molar-refractivity contribution in [3.8, 4) is 0 Å². The molecule has 0 spiro atoms. The minimum absolute atomic E-state index is 0.0858. The van der Waals surface area contributed by atoms with Crippen molar-refractivity contribution in [3.05, 3.63) is 0 Å². The van der Waals surface area contributed by atoms with Crippen molar-refractivity contribution in [1.29, 1.82) is 0 Å². The van der Waals surface area contributed by atoms with Gasteiger partial charge in [-0.05, 0) is 37.0 Å². The molecule has 1 aliphatic rings. The Balaban J connectivity index is 2.19. The summed E-state index contributed by atoms with van der Waals surface area (Å²) in [5, 5.41) is 3.07. The van der Waals surface area contributed by atoms with Crippen LogP contribution in [0.25, 0.3) is 0 Å². The maximum Gasteiger partial charge on any atom is 0.220 e. The molecule has 0 radical (unpaired) electrons. The summed E-state index contributed by atoms with van der Waals surface area (Å²) in [7, 11) is 0. The zero-order valence-corrected chi connectivity index (χ0v) is 14.3. The molecule has 0 aliphatic heterocycles. The van der Waals surface area contributed by atoms with Crippen molar-refractivity contribution in [3.63, 3.8) is 0 Å². The molecule has 0 aromatic carbocycles. The van der Waals surface area contributed by atoms with Crippen molar-refractivity contribution in [2.24, 2.45) is 11.1 Å². The smallest absolute Gasteiger partial charge is 0.220 e. The van der Waals surface area contributed by atoms with Crippen molar-refractivity contribution in [2.75, 3.05) is 18.8 Å². The summed E-state index contributed by atoms with van der Waals surface area (Å²) in [4.78, 5) is 12.1. The Hall–Kier alpha value is -0.220. The predicted molar refractivity (Wildman–Crippen MR) is 89.0 cm³/mol. The molecule has 3 N–H and O–H groups in total. The first-order valence-corrected chi connectivity index (χ1v) is 8.96. The minimum atomic E-state index is 0.0858. The zero-order chi connectivity index (χ0) is 15.1. The van der Waals surface area contributed by atoms with Crippen LogP contribution in [0.2, 0.25) is 0 Å². The first-order chi connectivity index (χ1) is 9.37. The highest BCUT2D eigenvalue weighted by Gasteiger charge is 2.32. The highest BCUT2D eigenvalue weighted by molar-refractivity contribution is 8.00. The molecule has 1 fully saturated rings. The number of rotatable bonds is 7. The van der Waals surface area contributed by atoms with E-state index in [0.717, 1.165) is 31.6 Å². The van der Waals surface area contributed by atoms with Crippen LogP contribution in [-0.4, -0.2) is 29.5 Å². The van der Waals surface area contributed by atoms with Gasteiger partial charge < -0.3 is 11.1 Å². The highest BCUT2D eigenvalue weighted by Crippen LogP contribution is 2.38. The summed E-state index contributed by atoms with van der Waals surface area (Å²) in [6.07, 6.45) is 7.67. The van der Waals surface area contributed by atoms with E-state index in [4.69, 9.17) is 5.73 Å². The van der Waals surface area contributed by atoms with E-state index in [-0.39, 0.29) is 11.3 Å². The third kappa shape index (κ3) is 6.98. The molecule has 3 nitrogen and oxygen atoms in total. The average Bonchev–Trinajstić information content (AvgIpc) is 2.38. The summed E-state index contributed by atoms with van der Waals surface area (Å²) < 4.78 is 0.315. The van der Waals surface area contributed by atoms with E-state index >= 15 is 0 Å². The van der Waals surface area contributed by atoms with Gasteiger partial charge in [-0.3, -0.25) is 4.79 Å². The Morgan fingerprint density at radius 1 is 1.25 bits per heavy atom. The molecule has 0 aromatic rings. The Morgan fingerprint density at radius 2 is 1.90 bits per heavy atom. The maximum absolute atomic E-state index is 12.1. The second-order valence-corrected chi connectivity index (χ2v) is 9.03. The Morgan fingerprint density at radius 3 is 2.45 bits per heavy atom. The van der Waals surface area contributed by atoms with Crippen molar-refractivity contribution in [2.45, 2.75) is 70.5 Å². The van der Waals surface area contributed by atoms with Gasteiger partial charge in [-0.15, -0.1) is 0 Å². The molecule has 0 aromatic heterocycles. The lowest BCUT2D eigenvalue weighted by molar-refractivity contribution is -0.123. The molecule has 4 heteroatoms. The Labute approximate surface area is 128 Å². The fourth-order valence-corrected chi connectivity index (χ4v) is 3.74. The van der Waals surface area contributed by atoms with Crippen LogP contribution >= 0.6 is 11.8 Å².